The third-order valence-electron chi connectivity index (χ3n) is 4.30. The van der Waals surface area contributed by atoms with Gasteiger partial charge in [0.15, 0.2) is 0 Å². The average Bonchev–Trinajstić information content (AvgIpc) is 3.00. The van der Waals surface area contributed by atoms with Crippen molar-refractivity contribution in [1.29, 1.82) is 0 Å². The smallest absolute Gasteiger partial charge is 0.125 e. The lowest BCUT2D eigenvalue weighted by molar-refractivity contribution is 0.280. The minimum Gasteiger partial charge on any atom is -0.467 e. The van der Waals surface area contributed by atoms with E-state index in [1.807, 2.05) is 6.07 Å². The first-order chi connectivity index (χ1) is 9.83. The van der Waals surface area contributed by atoms with Crippen LogP contribution in [0.2, 0.25) is 0 Å². The van der Waals surface area contributed by atoms with Gasteiger partial charge in [-0.2, -0.15) is 0 Å². The molecule has 1 fully saturated rings. The van der Waals surface area contributed by atoms with Crippen molar-refractivity contribution in [3.05, 3.63) is 60.1 Å². The highest BCUT2D eigenvalue weighted by Crippen LogP contribution is 2.28. The summed E-state index contributed by atoms with van der Waals surface area (Å²) in [5, 5.41) is 3.81. The van der Waals surface area contributed by atoms with E-state index in [9.17, 15) is 0 Å². The molecule has 1 aromatic heterocycles. The zero-order chi connectivity index (χ0) is 13.8. The van der Waals surface area contributed by atoms with Crippen LogP contribution in [0.25, 0.3) is 0 Å². The molecule has 0 aliphatic heterocycles. The molecule has 3 rings (SSSR count). The van der Waals surface area contributed by atoms with Crippen LogP contribution in [-0.4, -0.2) is 6.04 Å². The summed E-state index contributed by atoms with van der Waals surface area (Å²) < 4.78 is 5.66. The molecule has 1 heterocycles. The van der Waals surface area contributed by atoms with Gasteiger partial charge in [-0.3, -0.25) is 0 Å². The molecule has 20 heavy (non-hydrogen) atoms. The number of nitrogens with one attached hydrogen (secondary N) is 1. The SMILES string of the molecule is CC1CCCC(NC(c2ccccc2)c2ccco2)C1. The van der Waals surface area contributed by atoms with E-state index < -0.39 is 0 Å². The number of hydrogen-bond donors (Lipinski definition) is 1. The molecule has 0 radical (unpaired) electrons. The Bertz CT molecular complexity index is 505. The van der Waals surface area contributed by atoms with Crippen LogP contribution in [0.5, 0.6) is 0 Å². The molecule has 106 valence electrons. The highest BCUT2D eigenvalue weighted by Gasteiger charge is 2.24. The second-order valence-corrected chi connectivity index (χ2v) is 5.99. The predicted molar refractivity (Wildman–Crippen MR) is 81.5 cm³/mol. The van der Waals surface area contributed by atoms with Gasteiger partial charge in [-0.15, -0.1) is 0 Å². The summed E-state index contributed by atoms with van der Waals surface area (Å²) in [6.07, 6.45) is 7.00. The van der Waals surface area contributed by atoms with E-state index in [1.165, 1.54) is 31.2 Å². The van der Waals surface area contributed by atoms with Crippen LogP contribution in [0.4, 0.5) is 0 Å². The van der Waals surface area contributed by atoms with E-state index in [2.05, 4.69) is 48.6 Å². The summed E-state index contributed by atoms with van der Waals surface area (Å²) in [7, 11) is 0. The van der Waals surface area contributed by atoms with Gasteiger partial charge in [0, 0.05) is 6.04 Å². The van der Waals surface area contributed by atoms with Gasteiger partial charge in [-0.25, -0.2) is 0 Å². The Morgan fingerprint density at radius 2 is 1.95 bits per heavy atom. The predicted octanol–water partition coefficient (Wildman–Crippen LogP) is 4.54. The molecule has 2 aromatic rings. The van der Waals surface area contributed by atoms with Crippen LogP contribution in [0, 0.1) is 5.92 Å². The number of hydrogen-bond acceptors (Lipinski definition) is 2. The van der Waals surface area contributed by atoms with Crippen LogP contribution in [0.15, 0.2) is 53.1 Å². The standard InChI is InChI=1S/C18H23NO/c1-14-7-5-10-16(13-14)19-18(17-11-6-12-20-17)15-8-3-2-4-9-15/h2-4,6,8-9,11-12,14,16,18-19H,5,7,10,13H2,1H3. The van der Waals surface area contributed by atoms with Crippen LogP contribution >= 0.6 is 0 Å². The van der Waals surface area contributed by atoms with Crippen molar-refractivity contribution in [1.82, 2.24) is 5.32 Å². The van der Waals surface area contributed by atoms with E-state index in [0.29, 0.717) is 6.04 Å². The maximum Gasteiger partial charge on any atom is 0.125 e. The summed E-state index contributed by atoms with van der Waals surface area (Å²) >= 11 is 0. The zero-order valence-corrected chi connectivity index (χ0v) is 12.1. The summed E-state index contributed by atoms with van der Waals surface area (Å²) in [6, 6.07) is 15.4. The number of rotatable bonds is 4. The van der Waals surface area contributed by atoms with Gasteiger partial charge in [0.1, 0.15) is 5.76 Å². The maximum absolute atomic E-state index is 5.66. The molecule has 1 aromatic carbocycles. The van der Waals surface area contributed by atoms with Crippen molar-refractivity contribution < 1.29 is 4.42 Å². The lowest BCUT2D eigenvalue weighted by atomic mass is 9.86. The largest absolute Gasteiger partial charge is 0.467 e. The third kappa shape index (κ3) is 3.13. The van der Waals surface area contributed by atoms with Crippen molar-refractivity contribution in [2.75, 3.05) is 0 Å². The van der Waals surface area contributed by atoms with Gasteiger partial charge in [0.2, 0.25) is 0 Å². The molecule has 0 amide bonds. The first kappa shape index (κ1) is 13.4. The molecule has 1 aliphatic carbocycles. The molecule has 0 spiro atoms. The Labute approximate surface area is 121 Å². The zero-order valence-electron chi connectivity index (χ0n) is 12.1. The Morgan fingerprint density at radius 3 is 2.65 bits per heavy atom. The Morgan fingerprint density at radius 1 is 1.10 bits per heavy atom. The molecule has 0 saturated heterocycles. The number of furan rings is 1. The van der Waals surface area contributed by atoms with Gasteiger partial charge in [0.05, 0.1) is 12.3 Å². The summed E-state index contributed by atoms with van der Waals surface area (Å²) in [6.45, 7) is 2.36. The summed E-state index contributed by atoms with van der Waals surface area (Å²) in [5.74, 6) is 1.84. The monoisotopic (exact) mass is 269 g/mol. The fourth-order valence-corrected chi connectivity index (χ4v) is 3.26. The normalized spacial score (nSPS) is 24.4. The van der Waals surface area contributed by atoms with Crippen LogP contribution in [-0.2, 0) is 0 Å². The molecule has 1 aliphatic rings. The molecular formula is C18H23NO. The second-order valence-electron chi connectivity index (χ2n) is 5.99. The quantitative estimate of drug-likeness (QED) is 0.881. The summed E-state index contributed by atoms with van der Waals surface area (Å²) in [5.41, 5.74) is 1.28. The van der Waals surface area contributed by atoms with Crippen LogP contribution < -0.4 is 5.32 Å². The van der Waals surface area contributed by atoms with Crippen LogP contribution in [0.3, 0.4) is 0 Å². The highest BCUT2D eigenvalue weighted by molar-refractivity contribution is 5.26. The first-order valence-electron chi connectivity index (χ1n) is 7.67. The van der Waals surface area contributed by atoms with Crippen molar-refractivity contribution >= 4 is 0 Å². The summed E-state index contributed by atoms with van der Waals surface area (Å²) in [4.78, 5) is 0. The maximum atomic E-state index is 5.66. The Balaban J connectivity index is 1.79. The number of benzene rings is 1. The topological polar surface area (TPSA) is 25.2 Å². The minimum atomic E-state index is 0.168. The Hall–Kier alpha value is -1.54. The van der Waals surface area contributed by atoms with E-state index in [0.717, 1.165) is 11.7 Å². The van der Waals surface area contributed by atoms with Gasteiger partial charge < -0.3 is 9.73 Å². The molecule has 2 nitrogen and oxygen atoms in total. The van der Waals surface area contributed by atoms with Crippen LogP contribution in [0.1, 0.15) is 50.0 Å². The van der Waals surface area contributed by atoms with Crippen molar-refractivity contribution in [3.8, 4) is 0 Å². The fourth-order valence-electron chi connectivity index (χ4n) is 3.26. The molecular weight excluding hydrogens is 246 g/mol. The fraction of sp³-hybridized carbons (Fsp3) is 0.444. The van der Waals surface area contributed by atoms with E-state index in [1.54, 1.807) is 6.26 Å². The van der Waals surface area contributed by atoms with E-state index in [4.69, 9.17) is 4.42 Å². The second kappa shape index (κ2) is 6.27. The lowest BCUT2D eigenvalue weighted by Crippen LogP contribution is -2.36. The van der Waals surface area contributed by atoms with E-state index in [-0.39, 0.29) is 6.04 Å². The van der Waals surface area contributed by atoms with Gasteiger partial charge in [-0.05, 0) is 36.5 Å². The molecule has 3 atom stereocenters. The van der Waals surface area contributed by atoms with E-state index >= 15 is 0 Å². The lowest BCUT2D eigenvalue weighted by Gasteiger charge is -2.31. The first-order valence-corrected chi connectivity index (χ1v) is 7.67. The van der Waals surface area contributed by atoms with Gasteiger partial charge >= 0.3 is 0 Å². The molecule has 2 heteroatoms. The molecule has 3 unspecified atom stereocenters. The van der Waals surface area contributed by atoms with Gasteiger partial charge in [-0.1, -0.05) is 50.1 Å². The highest BCUT2D eigenvalue weighted by atomic mass is 16.3. The average molecular weight is 269 g/mol. The van der Waals surface area contributed by atoms with Crippen molar-refractivity contribution in [2.45, 2.75) is 44.7 Å². The molecule has 0 bridgehead atoms. The molecule has 1 N–H and O–H groups in total. The van der Waals surface area contributed by atoms with Gasteiger partial charge in [0.25, 0.3) is 0 Å². The van der Waals surface area contributed by atoms with Crippen molar-refractivity contribution in [3.63, 3.8) is 0 Å². The van der Waals surface area contributed by atoms with Crippen molar-refractivity contribution in [2.24, 2.45) is 5.92 Å². The minimum absolute atomic E-state index is 0.168. The molecule has 1 saturated carbocycles. The Kier molecular flexibility index (Phi) is 4.22. The third-order valence-corrected chi connectivity index (χ3v) is 4.30.